The largest absolute Gasteiger partial charge is 0.341 e. The molecule has 2 aromatic rings. The summed E-state index contributed by atoms with van der Waals surface area (Å²) in [6.45, 7) is 3.13. The van der Waals surface area contributed by atoms with Crippen LogP contribution in [-0.4, -0.2) is 40.8 Å². The van der Waals surface area contributed by atoms with Gasteiger partial charge in [0.25, 0.3) is 0 Å². The molecular formula is C22H26BrN5O2. The van der Waals surface area contributed by atoms with E-state index in [1.807, 2.05) is 48.2 Å². The van der Waals surface area contributed by atoms with Gasteiger partial charge in [0.2, 0.25) is 11.8 Å². The molecule has 30 heavy (non-hydrogen) atoms. The van der Waals surface area contributed by atoms with Gasteiger partial charge in [-0.05, 0) is 71.9 Å². The third kappa shape index (κ3) is 4.71. The Hall–Kier alpha value is -2.29. The zero-order chi connectivity index (χ0) is 21.1. The normalized spacial score (nSPS) is 23.9. The number of aromatic nitrogens is 1. The zero-order valence-corrected chi connectivity index (χ0v) is 18.5. The van der Waals surface area contributed by atoms with Gasteiger partial charge in [-0.3, -0.25) is 14.6 Å². The number of nitrogens with one attached hydrogen (secondary N) is 3. The summed E-state index contributed by atoms with van der Waals surface area (Å²) in [5, 5.41) is 3.00. The highest BCUT2D eigenvalue weighted by Gasteiger charge is 2.36. The number of halogens is 1. The van der Waals surface area contributed by atoms with E-state index in [1.54, 1.807) is 6.20 Å². The van der Waals surface area contributed by atoms with Crippen molar-refractivity contribution in [1.82, 2.24) is 20.7 Å². The highest BCUT2D eigenvalue weighted by atomic mass is 79.9. The minimum Gasteiger partial charge on any atom is -0.341 e. The highest BCUT2D eigenvalue weighted by Crippen LogP contribution is 2.27. The van der Waals surface area contributed by atoms with Gasteiger partial charge in [0, 0.05) is 23.8 Å². The molecule has 0 spiro atoms. The lowest BCUT2D eigenvalue weighted by molar-refractivity contribution is -0.136. The van der Waals surface area contributed by atoms with Crippen molar-refractivity contribution in [3.8, 4) is 0 Å². The van der Waals surface area contributed by atoms with Gasteiger partial charge in [-0.15, -0.1) is 0 Å². The molecule has 2 saturated heterocycles. The number of pyridine rings is 1. The number of amides is 2. The van der Waals surface area contributed by atoms with Crippen molar-refractivity contribution in [2.45, 2.75) is 38.3 Å². The quantitative estimate of drug-likeness (QED) is 0.637. The van der Waals surface area contributed by atoms with Gasteiger partial charge in [-0.2, -0.15) is 0 Å². The fourth-order valence-corrected chi connectivity index (χ4v) is 4.65. The van der Waals surface area contributed by atoms with Crippen LogP contribution in [0.4, 0.5) is 5.69 Å². The number of carbonyl (C=O) groups excluding carboxylic acids is 2. The van der Waals surface area contributed by atoms with E-state index in [4.69, 9.17) is 0 Å². The number of hydrazine groups is 1. The Morgan fingerprint density at radius 2 is 2.10 bits per heavy atom. The first-order valence-electron chi connectivity index (χ1n) is 10.3. The van der Waals surface area contributed by atoms with Crippen LogP contribution in [0.5, 0.6) is 0 Å². The lowest BCUT2D eigenvalue weighted by Crippen LogP contribution is -2.50. The number of aryl methyl sites for hydroxylation is 1. The summed E-state index contributed by atoms with van der Waals surface area (Å²) < 4.78 is 0.862. The first-order valence-corrected chi connectivity index (χ1v) is 11.1. The third-order valence-corrected chi connectivity index (χ3v) is 6.39. The fourth-order valence-electron chi connectivity index (χ4n) is 4.06. The van der Waals surface area contributed by atoms with Crippen molar-refractivity contribution >= 4 is 33.4 Å². The molecule has 2 amide bonds. The molecule has 0 radical (unpaired) electrons. The lowest BCUT2D eigenvalue weighted by atomic mass is 9.95. The molecule has 0 saturated carbocycles. The molecule has 3 heterocycles. The van der Waals surface area contributed by atoms with Crippen molar-refractivity contribution in [2.75, 3.05) is 18.4 Å². The fraction of sp³-hybridized carbons (Fsp3) is 0.409. The second-order valence-corrected chi connectivity index (χ2v) is 8.83. The Bertz CT molecular complexity index is 923. The SMILES string of the molecule is Cc1ccc(NC(=O)C2CCCN(C(=O)C3CC(c4ccccn4)NN3)C2)c(Br)c1. The second kappa shape index (κ2) is 9.24. The van der Waals surface area contributed by atoms with E-state index in [0.717, 1.165) is 34.3 Å². The molecule has 2 aliphatic heterocycles. The summed E-state index contributed by atoms with van der Waals surface area (Å²) in [4.78, 5) is 32.1. The Labute approximate surface area is 184 Å². The van der Waals surface area contributed by atoms with Gasteiger partial charge in [-0.25, -0.2) is 10.9 Å². The highest BCUT2D eigenvalue weighted by molar-refractivity contribution is 9.10. The molecule has 4 rings (SSSR count). The molecule has 158 valence electrons. The third-order valence-electron chi connectivity index (χ3n) is 5.73. The molecule has 8 heteroatoms. The summed E-state index contributed by atoms with van der Waals surface area (Å²) in [5.41, 5.74) is 9.08. The van der Waals surface area contributed by atoms with Gasteiger partial charge in [-0.1, -0.05) is 12.1 Å². The number of hydrogen-bond acceptors (Lipinski definition) is 5. The molecule has 3 N–H and O–H groups in total. The number of carbonyl (C=O) groups is 2. The molecule has 3 unspecified atom stereocenters. The van der Waals surface area contributed by atoms with Crippen LogP contribution in [0.3, 0.4) is 0 Å². The molecule has 7 nitrogen and oxygen atoms in total. The molecule has 3 atom stereocenters. The average molecular weight is 472 g/mol. The predicted molar refractivity (Wildman–Crippen MR) is 118 cm³/mol. The summed E-state index contributed by atoms with van der Waals surface area (Å²) >= 11 is 3.50. The minimum atomic E-state index is -0.315. The number of anilines is 1. The van der Waals surface area contributed by atoms with Crippen LogP contribution in [0.1, 0.15) is 36.6 Å². The van der Waals surface area contributed by atoms with Gasteiger partial charge in [0.15, 0.2) is 0 Å². The van der Waals surface area contributed by atoms with Crippen LogP contribution in [0, 0.1) is 12.8 Å². The van der Waals surface area contributed by atoms with E-state index in [0.29, 0.717) is 19.5 Å². The number of rotatable bonds is 4. The predicted octanol–water partition coefficient (Wildman–Crippen LogP) is 2.94. The van der Waals surface area contributed by atoms with Crippen LogP contribution in [0.15, 0.2) is 47.1 Å². The number of nitrogens with zero attached hydrogens (tertiary/aromatic N) is 2. The van der Waals surface area contributed by atoms with E-state index in [9.17, 15) is 9.59 Å². The molecule has 2 aliphatic rings. The maximum absolute atomic E-state index is 13.1. The number of likely N-dealkylation sites (tertiary alicyclic amines) is 1. The van der Waals surface area contributed by atoms with E-state index in [1.165, 1.54) is 0 Å². The van der Waals surface area contributed by atoms with Crippen molar-refractivity contribution < 1.29 is 9.59 Å². The van der Waals surface area contributed by atoms with Gasteiger partial charge < -0.3 is 10.2 Å². The monoisotopic (exact) mass is 471 g/mol. The Kier molecular flexibility index (Phi) is 6.46. The van der Waals surface area contributed by atoms with Crippen molar-refractivity contribution in [3.05, 3.63) is 58.3 Å². The number of hydrogen-bond donors (Lipinski definition) is 3. The minimum absolute atomic E-state index is 0.00271. The van der Waals surface area contributed by atoms with Crippen LogP contribution < -0.4 is 16.2 Å². The lowest BCUT2D eigenvalue weighted by Gasteiger charge is -2.33. The van der Waals surface area contributed by atoms with Gasteiger partial charge in [0.1, 0.15) is 6.04 Å². The summed E-state index contributed by atoms with van der Waals surface area (Å²) in [7, 11) is 0. The van der Waals surface area contributed by atoms with E-state index in [-0.39, 0.29) is 29.8 Å². The molecule has 0 aliphatic carbocycles. The van der Waals surface area contributed by atoms with E-state index in [2.05, 4.69) is 37.1 Å². The standard InChI is InChI=1S/C22H26BrN5O2/c1-14-7-8-17(16(23)11-14)25-21(29)15-5-4-10-28(13-15)22(30)20-12-19(26-27-20)18-6-2-3-9-24-18/h2-3,6-9,11,15,19-20,26-27H,4-5,10,12-13H2,1H3,(H,25,29). The molecule has 1 aromatic heterocycles. The van der Waals surface area contributed by atoms with Gasteiger partial charge >= 0.3 is 0 Å². The van der Waals surface area contributed by atoms with Crippen LogP contribution >= 0.6 is 15.9 Å². The van der Waals surface area contributed by atoms with Crippen LogP contribution in [-0.2, 0) is 9.59 Å². The van der Waals surface area contributed by atoms with Gasteiger partial charge in [0.05, 0.1) is 23.3 Å². The van der Waals surface area contributed by atoms with Crippen molar-refractivity contribution in [1.29, 1.82) is 0 Å². The first-order chi connectivity index (χ1) is 14.5. The molecule has 2 fully saturated rings. The second-order valence-electron chi connectivity index (χ2n) is 7.98. The Balaban J connectivity index is 1.35. The summed E-state index contributed by atoms with van der Waals surface area (Å²) in [6.07, 6.45) is 4.00. The average Bonchev–Trinajstić information content (AvgIpc) is 3.26. The van der Waals surface area contributed by atoms with Crippen molar-refractivity contribution in [3.63, 3.8) is 0 Å². The number of piperidine rings is 1. The maximum Gasteiger partial charge on any atom is 0.241 e. The molecule has 0 bridgehead atoms. The summed E-state index contributed by atoms with van der Waals surface area (Å²) in [5.74, 6) is -0.215. The first kappa shape index (κ1) is 21.0. The Morgan fingerprint density at radius 1 is 1.23 bits per heavy atom. The van der Waals surface area contributed by atoms with Crippen molar-refractivity contribution in [2.24, 2.45) is 5.92 Å². The number of benzene rings is 1. The topological polar surface area (TPSA) is 86.4 Å². The maximum atomic E-state index is 13.1. The molecular weight excluding hydrogens is 446 g/mol. The van der Waals surface area contributed by atoms with E-state index >= 15 is 0 Å². The van der Waals surface area contributed by atoms with Crippen LogP contribution in [0.25, 0.3) is 0 Å². The summed E-state index contributed by atoms with van der Waals surface area (Å²) in [6, 6.07) is 11.3. The smallest absolute Gasteiger partial charge is 0.241 e. The van der Waals surface area contributed by atoms with E-state index < -0.39 is 0 Å². The van der Waals surface area contributed by atoms with Crippen LogP contribution in [0.2, 0.25) is 0 Å². The Morgan fingerprint density at radius 3 is 2.87 bits per heavy atom. The molecule has 1 aromatic carbocycles. The zero-order valence-electron chi connectivity index (χ0n) is 16.9.